The van der Waals surface area contributed by atoms with Crippen molar-refractivity contribution < 1.29 is 19.1 Å². The van der Waals surface area contributed by atoms with Crippen LogP contribution in [-0.2, 0) is 16.0 Å². The number of methoxy groups -OCH3 is 1. The monoisotopic (exact) mass is 456 g/mol. The minimum atomic E-state index is -0.419. The molecular formula is C28H28N2O4. The van der Waals surface area contributed by atoms with Gasteiger partial charge < -0.3 is 14.8 Å². The second-order valence-corrected chi connectivity index (χ2v) is 8.23. The van der Waals surface area contributed by atoms with Crippen LogP contribution >= 0.6 is 0 Å². The summed E-state index contributed by atoms with van der Waals surface area (Å²) in [5.41, 5.74) is 3.38. The summed E-state index contributed by atoms with van der Waals surface area (Å²) in [6.45, 7) is 5.96. The van der Waals surface area contributed by atoms with Crippen LogP contribution in [0, 0.1) is 0 Å². The number of anilines is 2. The lowest BCUT2D eigenvalue weighted by Gasteiger charge is -2.16. The zero-order chi connectivity index (χ0) is 24.2. The molecule has 1 aliphatic heterocycles. The summed E-state index contributed by atoms with van der Waals surface area (Å²) >= 11 is 0. The van der Waals surface area contributed by atoms with Gasteiger partial charge in [0.15, 0.2) is 0 Å². The molecule has 1 N–H and O–H groups in total. The van der Waals surface area contributed by atoms with Crippen LogP contribution in [0.1, 0.15) is 31.9 Å². The molecule has 0 atom stereocenters. The van der Waals surface area contributed by atoms with E-state index in [2.05, 4.69) is 12.2 Å². The maximum Gasteiger partial charge on any atom is 0.282 e. The van der Waals surface area contributed by atoms with E-state index >= 15 is 0 Å². The van der Waals surface area contributed by atoms with Crippen molar-refractivity contribution in [3.05, 3.63) is 89.6 Å². The lowest BCUT2D eigenvalue weighted by Crippen LogP contribution is -2.32. The standard InChI is InChI=1S/C28H28N2O4/c1-5-19-10-14-21(15-11-19)30-27(31)25(20-12-16-22(17-13-20)34-18(2)3)26(28(30)32)29-23-8-6-7-9-24(23)33-4/h6-18,29H,5H2,1-4H3. The molecule has 0 aromatic heterocycles. The van der Waals surface area contributed by atoms with Gasteiger partial charge in [-0.2, -0.15) is 0 Å². The van der Waals surface area contributed by atoms with Crippen molar-refractivity contribution in [1.82, 2.24) is 0 Å². The van der Waals surface area contributed by atoms with Crippen LogP contribution in [0.5, 0.6) is 11.5 Å². The molecule has 0 saturated heterocycles. The first-order valence-corrected chi connectivity index (χ1v) is 11.3. The van der Waals surface area contributed by atoms with Gasteiger partial charge in [-0.25, -0.2) is 4.90 Å². The van der Waals surface area contributed by atoms with E-state index in [9.17, 15) is 9.59 Å². The highest BCUT2D eigenvalue weighted by Gasteiger charge is 2.40. The van der Waals surface area contributed by atoms with E-state index in [1.165, 1.54) is 4.90 Å². The third-order valence-corrected chi connectivity index (χ3v) is 5.57. The number of hydrogen-bond donors (Lipinski definition) is 1. The van der Waals surface area contributed by atoms with Crippen molar-refractivity contribution in [3.63, 3.8) is 0 Å². The van der Waals surface area contributed by atoms with Crippen molar-refractivity contribution >= 4 is 28.8 Å². The van der Waals surface area contributed by atoms with Crippen LogP contribution in [0.15, 0.2) is 78.5 Å². The molecule has 0 spiro atoms. The molecule has 34 heavy (non-hydrogen) atoms. The smallest absolute Gasteiger partial charge is 0.282 e. The first kappa shape index (κ1) is 23.1. The fourth-order valence-corrected chi connectivity index (χ4v) is 3.88. The SMILES string of the molecule is CCc1ccc(N2C(=O)C(Nc3ccccc3OC)=C(c3ccc(OC(C)C)cc3)C2=O)cc1. The summed E-state index contributed by atoms with van der Waals surface area (Å²) in [7, 11) is 1.56. The van der Waals surface area contributed by atoms with Gasteiger partial charge in [0.05, 0.1) is 30.2 Å². The van der Waals surface area contributed by atoms with Gasteiger partial charge in [-0.3, -0.25) is 9.59 Å². The predicted molar refractivity (Wildman–Crippen MR) is 134 cm³/mol. The lowest BCUT2D eigenvalue weighted by molar-refractivity contribution is -0.120. The Labute approximate surface area is 199 Å². The molecule has 0 aliphatic carbocycles. The van der Waals surface area contributed by atoms with Gasteiger partial charge in [-0.1, -0.05) is 43.3 Å². The largest absolute Gasteiger partial charge is 0.495 e. The summed E-state index contributed by atoms with van der Waals surface area (Å²) in [5.74, 6) is 0.463. The van der Waals surface area contributed by atoms with E-state index in [1.807, 2.05) is 38.1 Å². The van der Waals surface area contributed by atoms with E-state index < -0.39 is 5.91 Å². The van der Waals surface area contributed by atoms with E-state index in [4.69, 9.17) is 9.47 Å². The first-order chi connectivity index (χ1) is 16.4. The van der Waals surface area contributed by atoms with E-state index in [-0.39, 0.29) is 17.7 Å². The van der Waals surface area contributed by atoms with Crippen LogP contribution in [0.2, 0.25) is 0 Å². The maximum absolute atomic E-state index is 13.6. The van der Waals surface area contributed by atoms with Crippen molar-refractivity contribution in [2.75, 3.05) is 17.3 Å². The maximum atomic E-state index is 13.6. The molecule has 1 heterocycles. The Morgan fingerprint density at radius 2 is 1.56 bits per heavy atom. The molecule has 0 unspecified atom stereocenters. The lowest BCUT2D eigenvalue weighted by atomic mass is 10.0. The molecular weight excluding hydrogens is 428 g/mol. The molecule has 6 nitrogen and oxygen atoms in total. The molecule has 3 aromatic carbocycles. The van der Waals surface area contributed by atoms with Crippen molar-refractivity contribution in [1.29, 1.82) is 0 Å². The highest BCUT2D eigenvalue weighted by molar-refractivity contribution is 6.46. The Kier molecular flexibility index (Phi) is 6.68. The highest BCUT2D eigenvalue weighted by Crippen LogP contribution is 2.36. The number of carbonyl (C=O) groups is 2. The number of para-hydroxylation sites is 2. The van der Waals surface area contributed by atoms with Crippen LogP contribution < -0.4 is 19.7 Å². The second kappa shape index (κ2) is 9.83. The minimum absolute atomic E-state index is 0.0316. The Morgan fingerprint density at radius 3 is 2.18 bits per heavy atom. The third kappa shape index (κ3) is 4.53. The molecule has 0 fully saturated rings. The summed E-state index contributed by atoms with van der Waals surface area (Å²) in [5, 5.41) is 3.17. The zero-order valence-corrected chi connectivity index (χ0v) is 19.8. The molecule has 0 radical (unpaired) electrons. The average Bonchev–Trinajstić information content (AvgIpc) is 3.09. The fourth-order valence-electron chi connectivity index (χ4n) is 3.88. The number of hydrogen-bond acceptors (Lipinski definition) is 5. The number of ether oxygens (including phenoxy) is 2. The van der Waals surface area contributed by atoms with Gasteiger partial charge in [0.25, 0.3) is 11.8 Å². The number of amides is 2. The van der Waals surface area contributed by atoms with Crippen LogP contribution in [0.3, 0.4) is 0 Å². The van der Waals surface area contributed by atoms with Crippen molar-refractivity contribution in [3.8, 4) is 11.5 Å². The van der Waals surface area contributed by atoms with Crippen LogP contribution in [-0.4, -0.2) is 25.0 Å². The van der Waals surface area contributed by atoms with E-state index in [1.54, 1.807) is 55.6 Å². The number of rotatable bonds is 8. The number of nitrogens with one attached hydrogen (secondary N) is 1. The van der Waals surface area contributed by atoms with Gasteiger partial charge in [-0.15, -0.1) is 0 Å². The van der Waals surface area contributed by atoms with Crippen molar-refractivity contribution in [2.45, 2.75) is 33.3 Å². The summed E-state index contributed by atoms with van der Waals surface area (Å²) < 4.78 is 11.2. The quantitative estimate of drug-likeness (QED) is 0.457. The predicted octanol–water partition coefficient (Wildman–Crippen LogP) is 5.44. The Balaban J connectivity index is 1.78. The molecule has 3 aromatic rings. The molecule has 0 saturated carbocycles. The summed E-state index contributed by atoms with van der Waals surface area (Å²) in [6.07, 6.45) is 0.904. The second-order valence-electron chi connectivity index (χ2n) is 8.23. The fraction of sp³-hybridized carbons (Fsp3) is 0.214. The van der Waals surface area contributed by atoms with Gasteiger partial charge in [0, 0.05) is 0 Å². The number of aryl methyl sites for hydroxylation is 1. The Morgan fingerprint density at radius 1 is 0.882 bits per heavy atom. The minimum Gasteiger partial charge on any atom is -0.495 e. The normalized spacial score (nSPS) is 13.6. The number of carbonyl (C=O) groups excluding carboxylic acids is 2. The van der Waals surface area contributed by atoms with Gasteiger partial charge in [0.2, 0.25) is 0 Å². The average molecular weight is 457 g/mol. The van der Waals surface area contributed by atoms with Crippen LogP contribution in [0.4, 0.5) is 11.4 Å². The summed E-state index contributed by atoms with van der Waals surface area (Å²) in [4.78, 5) is 28.4. The Bertz CT molecular complexity index is 1230. The molecule has 6 heteroatoms. The summed E-state index contributed by atoms with van der Waals surface area (Å²) in [6, 6.07) is 22.0. The molecule has 0 bridgehead atoms. The molecule has 4 rings (SSSR count). The third-order valence-electron chi connectivity index (χ3n) is 5.57. The molecule has 174 valence electrons. The zero-order valence-electron chi connectivity index (χ0n) is 19.8. The highest BCUT2D eigenvalue weighted by atomic mass is 16.5. The first-order valence-electron chi connectivity index (χ1n) is 11.3. The number of nitrogens with zero attached hydrogens (tertiary/aromatic N) is 1. The Hall–Kier alpha value is -4.06. The topological polar surface area (TPSA) is 67.9 Å². The van der Waals surface area contributed by atoms with E-state index in [0.717, 1.165) is 12.0 Å². The number of imide groups is 1. The number of benzene rings is 3. The van der Waals surface area contributed by atoms with Crippen molar-refractivity contribution in [2.24, 2.45) is 0 Å². The van der Waals surface area contributed by atoms with E-state index in [0.29, 0.717) is 34.0 Å². The van der Waals surface area contributed by atoms with Gasteiger partial charge in [0.1, 0.15) is 17.2 Å². The van der Waals surface area contributed by atoms with Crippen LogP contribution in [0.25, 0.3) is 5.57 Å². The molecule has 1 aliphatic rings. The van der Waals surface area contributed by atoms with Gasteiger partial charge >= 0.3 is 0 Å². The molecule has 2 amide bonds. The van der Waals surface area contributed by atoms with Gasteiger partial charge in [-0.05, 0) is 67.8 Å².